The number of amides is 3. The molecular formula is C22H25N3O5S. The molecule has 1 atom stereocenters. The van der Waals surface area contributed by atoms with E-state index >= 15 is 0 Å². The number of aryl methyl sites for hydroxylation is 1. The van der Waals surface area contributed by atoms with Crippen LogP contribution < -0.4 is 5.32 Å². The van der Waals surface area contributed by atoms with Crippen LogP contribution in [-0.2, 0) is 26.2 Å². The van der Waals surface area contributed by atoms with Crippen LogP contribution in [0, 0.1) is 6.92 Å². The van der Waals surface area contributed by atoms with Gasteiger partial charge < -0.3 is 10.2 Å². The Labute approximate surface area is 181 Å². The highest BCUT2D eigenvalue weighted by Crippen LogP contribution is 2.30. The molecular weight excluding hydrogens is 418 g/mol. The van der Waals surface area contributed by atoms with Gasteiger partial charge in [0.1, 0.15) is 10.9 Å². The Kier molecular flexibility index (Phi) is 6.45. The zero-order valence-corrected chi connectivity index (χ0v) is 18.5. The second-order valence-electron chi connectivity index (χ2n) is 7.43. The van der Waals surface area contributed by atoms with E-state index in [9.17, 15) is 22.8 Å². The number of nitrogens with one attached hydrogen (secondary N) is 1. The van der Waals surface area contributed by atoms with Gasteiger partial charge in [0.15, 0.2) is 0 Å². The Morgan fingerprint density at radius 2 is 1.74 bits per heavy atom. The van der Waals surface area contributed by atoms with Crippen molar-refractivity contribution in [2.24, 2.45) is 0 Å². The highest BCUT2D eigenvalue weighted by atomic mass is 32.2. The first kappa shape index (κ1) is 22.5. The van der Waals surface area contributed by atoms with Crippen molar-refractivity contribution in [1.82, 2.24) is 14.5 Å². The van der Waals surface area contributed by atoms with Gasteiger partial charge in [-0.3, -0.25) is 14.4 Å². The second-order valence-corrected chi connectivity index (χ2v) is 9.26. The molecule has 9 heteroatoms. The lowest BCUT2D eigenvalue weighted by atomic mass is 10.1. The molecule has 0 saturated carbocycles. The first-order chi connectivity index (χ1) is 14.7. The average Bonchev–Trinajstić information content (AvgIpc) is 2.96. The second kappa shape index (κ2) is 8.89. The number of rotatable bonds is 7. The third-order valence-electron chi connectivity index (χ3n) is 5.33. The van der Waals surface area contributed by atoms with Gasteiger partial charge in [0.25, 0.3) is 15.9 Å². The van der Waals surface area contributed by atoms with Gasteiger partial charge in [-0.15, -0.1) is 0 Å². The first-order valence-corrected chi connectivity index (χ1v) is 11.3. The van der Waals surface area contributed by atoms with E-state index in [0.29, 0.717) is 0 Å². The van der Waals surface area contributed by atoms with Crippen molar-refractivity contribution in [2.75, 3.05) is 13.6 Å². The van der Waals surface area contributed by atoms with Crippen molar-refractivity contribution in [3.8, 4) is 0 Å². The summed E-state index contributed by atoms with van der Waals surface area (Å²) in [6, 6.07) is 12.8. The van der Waals surface area contributed by atoms with Crippen LogP contribution in [0.15, 0.2) is 53.4 Å². The largest absolute Gasteiger partial charge is 0.357 e. The molecule has 0 aromatic heterocycles. The predicted octanol–water partition coefficient (Wildman–Crippen LogP) is 1.69. The molecule has 0 fully saturated rings. The van der Waals surface area contributed by atoms with Gasteiger partial charge in [-0.2, -0.15) is 0 Å². The lowest BCUT2D eigenvalue weighted by molar-refractivity contribution is -0.140. The van der Waals surface area contributed by atoms with Gasteiger partial charge in [-0.25, -0.2) is 12.7 Å². The molecule has 0 spiro atoms. The van der Waals surface area contributed by atoms with E-state index in [1.54, 1.807) is 19.1 Å². The molecule has 1 N–H and O–H groups in total. The molecule has 1 aliphatic rings. The van der Waals surface area contributed by atoms with E-state index in [1.807, 2.05) is 31.2 Å². The summed E-state index contributed by atoms with van der Waals surface area (Å²) < 4.78 is 26.1. The van der Waals surface area contributed by atoms with Gasteiger partial charge in [-0.05, 0) is 31.5 Å². The number of hydrogen-bond acceptors (Lipinski definition) is 5. The lowest BCUT2D eigenvalue weighted by Gasteiger charge is -2.29. The molecule has 0 radical (unpaired) electrons. The smallest absolute Gasteiger partial charge is 0.269 e. The highest BCUT2D eigenvalue weighted by molar-refractivity contribution is 7.90. The third-order valence-corrected chi connectivity index (χ3v) is 7.17. The molecule has 1 aliphatic heterocycles. The summed E-state index contributed by atoms with van der Waals surface area (Å²) in [6.07, 6.45) is -0.230. The zero-order chi connectivity index (χ0) is 22.8. The number of sulfonamides is 1. The zero-order valence-electron chi connectivity index (χ0n) is 17.7. The van der Waals surface area contributed by atoms with Crippen molar-refractivity contribution < 1.29 is 22.8 Å². The lowest BCUT2D eigenvalue weighted by Crippen LogP contribution is -2.47. The molecule has 31 heavy (non-hydrogen) atoms. The number of carbonyl (C=O) groups excluding carboxylic acids is 3. The minimum atomic E-state index is -3.99. The van der Waals surface area contributed by atoms with Gasteiger partial charge in [0.2, 0.25) is 11.8 Å². The average molecular weight is 444 g/mol. The molecule has 3 rings (SSSR count). The number of carbonyl (C=O) groups is 3. The van der Waals surface area contributed by atoms with Gasteiger partial charge in [0.05, 0.1) is 5.56 Å². The van der Waals surface area contributed by atoms with Crippen LogP contribution in [0.3, 0.4) is 0 Å². The van der Waals surface area contributed by atoms with Gasteiger partial charge in [-0.1, -0.05) is 42.0 Å². The van der Waals surface area contributed by atoms with Crippen LogP contribution in [0.25, 0.3) is 0 Å². The summed E-state index contributed by atoms with van der Waals surface area (Å²) >= 11 is 0. The number of nitrogens with zero attached hydrogens (tertiary/aromatic N) is 2. The van der Waals surface area contributed by atoms with Gasteiger partial charge in [0, 0.05) is 26.6 Å². The summed E-state index contributed by atoms with van der Waals surface area (Å²) in [7, 11) is -2.50. The highest BCUT2D eigenvalue weighted by Gasteiger charge is 2.41. The van der Waals surface area contributed by atoms with E-state index in [2.05, 4.69) is 5.32 Å². The van der Waals surface area contributed by atoms with Crippen LogP contribution >= 0.6 is 0 Å². The van der Waals surface area contributed by atoms with Crippen molar-refractivity contribution in [3.05, 3.63) is 65.2 Å². The Balaban J connectivity index is 1.78. The number of likely N-dealkylation sites (N-methyl/N-ethyl adjacent to an activating group) is 1. The first-order valence-electron chi connectivity index (χ1n) is 9.89. The minimum Gasteiger partial charge on any atom is -0.357 e. The fourth-order valence-electron chi connectivity index (χ4n) is 3.47. The van der Waals surface area contributed by atoms with Crippen LogP contribution in [0.4, 0.5) is 0 Å². The van der Waals surface area contributed by atoms with Crippen molar-refractivity contribution in [3.63, 3.8) is 0 Å². The van der Waals surface area contributed by atoms with E-state index in [0.717, 1.165) is 15.4 Å². The third kappa shape index (κ3) is 4.46. The van der Waals surface area contributed by atoms with E-state index < -0.39 is 27.9 Å². The van der Waals surface area contributed by atoms with Crippen molar-refractivity contribution in [2.45, 2.75) is 37.8 Å². The van der Waals surface area contributed by atoms with E-state index in [1.165, 1.54) is 24.1 Å². The van der Waals surface area contributed by atoms with Crippen LogP contribution in [0.1, 0.15) is 34.8 Å². The molecule has 1 unspecified atom stereocenters. The molecule has 3 amide bonds. The van der Waals surface area contributed by atoms with Crippen molar-refractivity contribution in [1.29, 1.82) is 0 Å². The SMILES string of the molecule is CNC(=O)C(C)N(Cc1ccc(C)cc1)C(=O)CCN1C(=O)c2ccccc2S1(=O)=O. The summed E-state index contributed by atoms with van der Waals surface area (Å²) in [6.45, 7) is 3.46. The normalized spacial score (nSPS) is 15.3. The summed E-state index contributed by atoms with van der Waals surface area (Å²) in [5.41, 5.74) is 2.01. The maximum atomic E-state index is 13.0. The number of hydrogen-bond donors (Lipinski definition) is 1. The van der Waals surface area contributed by atoms with Crippen LogP contribution in [0.5, 0.6) is 0 Å². The molecule has 8 nitrogen and oxygen atoms in total. The van der Waals surface area contributed by atoms with Crippen LogP contribution in [-0.4, -0.2) is 55.0 Å². The molecule has 0 saturated heterocycles. The standard InChI is InChI=1S/C22H25N3O5S/c1-15-8-10-17(11-9-15)14-24(16(2)21(27)23-3)20(26)12-13-25-22(28)18-6-4-5-7-19(18)31(25,29)30/h4-11,16H,12-14H2,1-3H3,(H,23,27). The number of fused-ring (bicyclic) bond motifs is 1. The molecule has 2 aromatic carbocycles. The molecule has 164 valence electrons. The quantitative estimate of drug-likeness (QED) is 0.701. The monoisotopic (exact) mass is 443 g/mol. The fraction of sp³-hybridized carbons (Fsp3) is 0.318. The fourth-order valence-corrected chi connectivity index (χ4v) is 5.04. The van der Waals surface area contributed by atoms with E-state index in [4.69, 9.17) is 0 Å². The Morgan fingerprint density at radius 1 is 1.10 bits per heavy atom. The predicted molar refractivity (Wildman–Crippen MR) is 115 cm³/mol. The Hall–Kier alpha value is -3.20. The summed E-state index contributed by atoms with van der Waals surface area (Å²) in [5.74, 6) is -1.40. The van der Waals surface area contributed by atoms with Crippen molar-refractivity contribution >= 4 is 27.7 Å². The Bertz CT molecular complexity index is 1110. The maximum Gasteiger partial charge on any atom is 0.269 e. The molecule has 0 aliphatic carbocycles. The summed E-state index contributed by atoms with van der Waals surface area (Å²) in [4.78, 5) is 39.1. The molecule has 2 aromatic rings. The van der Waals surface area contributed by atoms with E-state index in [-0.39, 0.29) is 35.9 Å². The van der Waals surface area contributed by atoms with Gasteiger partial charge >= 0.3 is 0 Å². The maximum absolute atomic E-state index is 13.0. The molecule has 1 heterocycles. The van der Waals surface area contributed by atoms with Crippen LogP contribution in [0.2, 0.25) is 0 Å². The number of benzene rings is 2. The summed E-state index contributed by atoms with van der Waals surface area (Å²) in [5, 5.41) is 2.53. The Morgan fingerprint density at radius 3 is 2.35 bits per heavy atom. The molecule has 0 bridgehead atoms. The minimum absolute atomic E-state index is 0.0531. The topological polar surface area (TPSA) is 104 Å².